The number of thiazole rings is 1. The third-order valence-electron chi connectivity index (χ3n) is 13.7. The van der Waals surface area contributed by atoms with Gasteiger partial charge in [-0.1, -0.05) is 153 Å². The first-order valence-corrected chi connectivity index (χ1v) is 25.6. The Morgan fingerprint density at radius 3 is 2.00 bits per heavy atom. The van der Waals surface area contributed by atoms with Gasteiger partial charge in [0, 0.05) is 42.8 Å². The Morgan fingerprint density at radius 2 is 1.29 bits per heavy atom. The van der Waals surface area contributed by atoms with Crippen LogP contribution in [-0.2, 0) is 30.9 Å². The van der Waals surface area contributed by atoms with Crippen LogP contribution in [0.3, 0.4) is 0 Å². The fourth-order valence-electron chi connectivity index (χ4n) is 9.87. The summed E-state index contributed by atoms with van der Waals surface area (Å²) < 4.78 is 10.5. The van der Waals surface area contributed by atoms with E-state index in [0.717, 1.165) is 70.8 Å². The zero-order chi connectivity index (χ0) is 49.3. The smallest absolute Gasteiger partial charge is 0.121 e. The van der Waals surface area contributed by atoms with Gasteiger partial charge < -0.3 is 14.0 Å². The van der Waals surface area contributed by atoms with Gasteiger partial charge >= 0.3 is 0 Å². The third kappa shape index (κ3) is 8.86. The zero-order valence-corrected chi connectivity index (χ0v) is 45.8. The number of hydrogen-bond donors (Lipinski definition) is 0. The van der Waals surface area contributed by atoms with Crippen LogP contribution in [0.25, 0.3) is 104 Å². The summed E-state index contributed by atoms with van der Waals surface area (Å²) in [5, 5.41) is 8.09. The zero-order valence-electron chi connectivity index (χ0n) is 42.6. The molecule has 0 atom stereocenters. The summed E-state index contributed by atoms with van der Waals surface area (Å²) in [6, 6.07) is 60.5. The number of fused-ring (bicyclic) bond motifs is 9. The van der Waals surface area contributed by atoms with Crippen LogP contribution in [0.5, 0.6) is 0 Å². The van der Waals surface area contributed by atoms with Crippen molar-refractivity contribution in [3.63, 3.8) is 0 Å². The molecule has 0 aliphatic heterocycles. The summed E-state index contributed by atoms with van der Waals surface area (Å²) >= 11 is 1.78. The van der Waals surface area contributed by atoms with Crippen molar-refractivity contribution < 1.29 is 24.5 Å². The molecule has 0 unspecified atom stereocenters. The summed E-state index contributed by atoms with van der Waals surface area (Å²) in [7, 11) is 0. The van der Waals surface area contributed by atoms with Crippen LogP contribution in [0.15, 0.2) is 162 Å². The molecule has 0 N–H and O–H groups in total. The number of benzene rings is 8. The Kier molecular flexibility index (Phi) is 12.9. The predicted octanol–water partition coefficient (Wildman–Crippen LogP) is 18.4. The molecule has 1 radical (unpaired) electrons. The normalized spacial score (nSPS) is 12.2. The largest absolute Gasteiger partial charge is 0.501 e. The number of pyridine rings is 1. The summed E-state index contributed by atoms with van der Waals surface area (Å²) in [4.78, 5) is 15.1. The van der Waals surface area contributed by atoms with E-state index in [4.69, 9.17) is 14.4 Å². The number of rotatable bonds is 6. The second kappa shape index (κ2) is 19.0. The van der Waals surface area contributed by atoms with E-state index in [0.29, 0.717) is 0 Å². The Hall–Kier alpha value is -6.76. The number of furan rings is 1. The van der Waals surface area contributed by atoms with E-state index < -0.39 is 0 Å². The van der Waals surface area contributed by atoms with Gasteiger partial charge in [-0.15, -0.1) is 65.4 Å². The topological polar surface area (TPSA) is 56.7 Å². The quantitative estimate of drug-likeness (QED) is 0.123. The van der Waals surface area contributed by atoms with Gasteiger partial charge in [0.25, 0.3) is 0 Å². The maximum atomic E-state index is 6.96. The third-order valence-corrected chi connectivity index (χ3v) is 15.2. The molecule has 0 aliphatic rings. The van der Waals surface area contributed by atoms with E-state index in [2.05, 4.69) is 212 Å². The molecule has 4 aromatic heterocycles. The first kappa shape index (κ1) is 48.8. The predicted molar refractivity (Wildman–Crippen MR) is 300 cm³/mol. The van der Waals surface area contributed by atoms with Gasteiger partial charge in [0.15, 0.2) is 0 Å². The molecule has 0 aliphatic carbocycles. The summed E-state index contributed by atoms with van der Waals surface area (Å²) in [5.74, 6) is 1.30. The second-order valence-electron chi connectivity index (χ2n) is 21.5. The van der Waals surface area contributed by atoms with Gasteiger partial charge in [0.05, 0.1) is 37.7 Å². The molecule has 0 bridgehead atoms. The average molecular weight is 1140 g/mol. The number of imidazole rings is 1. The molecule has 72 heavy (non-hydrogen) atoms. The van der Waals surface area contributed by atoms with Crippen LogP contribution < -0.4 is 0 Å². The Bertz CT molecular complexity index is 3930. The number of hydrogen-bond acceptors (Lipinski definition) is 5. The van der Waals surface area contributed by atoms with E-state index >= 15 is 0 Å². The van der Waals surface area contributed by atoms with Crippen molar-refractivity contribution in [3.8, 4) is 39.5 Å². The van der Waals surface area contributed by atoms with Crippen molar-refractivity contribution in [3.05, 3.63) is 192 Å². The average Bonchev–Trinajstić information content (AvgIpc) is 4.10. The Labute approximate surface area is 440 Å². The van der Waals surface area contributed by atoms with E-state index in [9.17, 15) is 0 Å². The SMILES string of the molecule is CC(C)(C)c1ccnc(-c2[c-]cccc2)c1.CC(C)c1cc(-c2ccccc2)cc(C(C)C)c1-n1c(-c2[c-]ccc3c2oc2cc4c(ccc5ccccc54)cc23)nc2ccc3nc(C(C)(C)C)sc3c21.[Ir]. The van der Waals surface area contributed by atoms with Crippen LogP contribution >= 0.6 is 11.3 Å². The van der Waals surface area contributed by atoms with Gasteiger partial charge in [-0.25, -0.2) is 4.98 Å². The fourth-order valence-corrected chi connectivity index (χ4v) is 11.0. The van der Waals surface area contributed by atoms with E-state index in [-0.39, 0.29) is 42.8 Å². The van der Waals surface area contributed by atoms with E-state index in [1.54, 1.807) is 11.3 Å². The molecule has 0 spiro atoms. The van der Waals surface area contributed by atoms with Gasteiger partial charge in [-0.2, -0.15) is 0 Å². The number of nitrogens with zero attached hydrogens (tertiary/aromatic N) is 4. The van der Waals surface area contributed by atoms with Crippen LogP contribution in [-0.4, -0.2) is 19.5 Å². The molecular formula is C65H58IrN4OS-2. The monoisotopic (exact) mass is 1140 g/mol. The molecule has 5 nitrogen and oxygen atoms in total. The molecule has 361 valence electrons. The summed E-state index contributed by atoms with van der Waals surface area (Å²) in [6.07, 6.45) is 1.87. The van der Waals surface area contributed by atoms with Gasteiger partial charge in [0.1, 0.15) is 5.58 Å². The molecule has 0 fully saturated rings. The van der Waals surface area contributed by atoms with Crippen molar-refractivity contribution in [1.29, 1.82) is 0 Å². The molecule has 0 saturated carbocycles. The van der Waals surface area contributed by atoms with Crippen molar-refractivity contribution in [1.82, 2.24) is 19.5 Å². The Morgan fingerprint density at radius 1 is 0.583 bits per heavy atom. The standard InChI is InChI=1S/C50H42N3OS.C15H16N.Ir/c1-28(2)37-25-33(30-14-9-8-10-15-30)26-38(29(3)4)44(37)53-45-41(22-23-42-47(45)55-49(52-42)50(5,6)7)51-48(53)36-19-13-18-35-40-24-32-21-20-31-16-11-12-17-34(31)39(32)27-43(40)54-46(35)36;1-15(2,3)13-9-10-16-14(11-13)12-7-5-4-6-8-12;/h8-18,20-29H,1-7H3;4-7,9-11H,1-3H3;/q2*-1;. The van der Waals surface area contributed by atoms with Crippen LogP contribution in [0, 0.1) is 12.1 Å². The Balaban J connectivity index is 0.000000300. The molecule has 12 aromatic rings. The van der Waals surface area contributed by atoms with Crippen LogP contribution in [0.2, 0.25) is 0 Å². The van der Waals surface area contributed by atoms with Crippen LogP contribution in [0.4, 0.5) is 0 Å². The minimum Gasteiger partial charge on any atom is -0.501 e. The molecule has 0 saturated heterocycles. The molecule has 4 heterocycles. The van der Waals surface area contributed by atoms with Gasteiger partial charge in [-0.05, 0) is 115 Å². The molecule has 7 heteroatoms. The molecular weight excluding hydrogens is 1080 g/mol. The van der Waals surface area contributed by atoms with Gasteiger partial charge in [0.2, 0.25) is 0 Å². The number of aromatic nitrogens is 4. The molecule has 0 amide bonds. The van der Waals surface area contributed by atoms with Gasteiger partial charge in [-0.3, -0.25) is 4.98 Å². The van der Waals surface area contributed by atoms with Crippen molar-refractivity contribution >= 4 is 76.1 Å². The summed E-state index contributed by atoms with van der Waals surface area (Å²) in [5.41, 5.74) is 15.1. The summed E-state index contributed by atoms with van der Waals surface area (Å²) in [6.45, 7) is 22.6. The second-order valence-corrected chi connectivity index (χ2v) is 22.5. The van der Waals surface area contributed by atoms with Crippen LogP contribution in [0.1, 0.15) is 103 Å². The maximum Gasteiger partial charge on any atom is 0.121 e. The fraction of sp³-hybridized carbons (Fsp3) is 0.215. The minimum absolute atomic E-state index is 0. The van der Waals surface area contributed by atoms with Crippen molar-refractivity contribution in [2.75, 3.05) is 0 Å². The first-order valence-electron chi connectivity index (χ1n) is 24.8. The van der Waals surface area contributed by atoms with Crippen molar-refractivity contribution in [2.45, 2.75) is 91.9 Å². The first-order chi connectivity index (χ1) is 34.1. The molecule has 12 rings (SSSR count). The van der Waals surface area contributed by atoms with E-state index in [1.807, 2.05) is 36.5 Å². The van der Waals surface area contributed by atoms with Crippen molar-refractivity contribution in [2.24, 2.45) is 0 Å². The maximum absolute atomic E-state index is 6.96. The minimum atomic E-state index is -0.0876. The van der Waals surface area contributed by atoms with E-state index in [1.165, 1.54) is 55.0 Å². The molecule has 8 aromatic carbocycles.